The summed E-state index contributed by atoms with van der Waals surface area (Å²) in [6.07, 6.45) is 9.82. The Morgan fingerprint density at radius 3 is 3.00 bits per heavy atom. The third-order valence-electron chi connectivity index (χ3n) is 5.38. The third-order valence-corrected chi connectivity index (χ3v) is 6.58. The number of aromatic nitrogens is 4. The lowest BCUT2D eigenvalue weighted by atomic mass is 9.97. The molecule has 0 saturated heterocycles. The van der Waals surface area contributed by atoms with E-state index >= 15 is 0 Å². The quantitative estimate of drug-likeness (QED) is 0.563. The molecular formula is C21H21N5O2S. The highest BCUT2D eigenvalue weighted by Crippen LogP contribution is 2.33. The van der Waals surface area contributed by atoms with E-state index in [0.29, 0.717) is 12.2 Å². The van der Waals surface area contributed by atoms with Gasteiger partial charge in [-0.05, 0) is 50.3 Å². The van der Waals surface area contributed by atoms with Gasteiger partial charge in [0.15, 0.2) is 0 Å². The lowest BCUT2D eigenvalue weighted by Crippen LogP contribution is -2.24. The van der Waals surface area contributed by atoms with Gasteiger partial charge in [0.25, 0.3) is 5.56 Å². The van der Waals surface area contributed by atoms with Gasteiger partial charge in [-0.3, -0.25) is 14.2 Å². The number of aryl methyl sites for hydroxylation is 4. The van der Waals surface area contributed by atoms with E-state index in [0.717, 1.165) is 40.8 Å². The molecule has 0 aliphatic heterocycles. The number of rotatable bonds is 4. The second-order valence-corrected chi connectivity index (χ2v) is 8.58. The highest BCUT2D eigenvalue weighted by atomic mass is 32.1. The minimum Gasteiger partial charge on any atom is -0.325 e. The number of pyridine rings is 1. The van der Waals surface area contributed by atoms with Gasteiger partial charge < -0.3 is 9.72 Å². The smallest absolute Gasteiger partial charge is 0.262 e. The third kappa shape index (κ3) is 3.33. The van der Waals surface area contributed by atoms with Gasteiger partial charge in [-0.2, -0.15) is 0 Å². The van der Waals surface area contributed by atoms with E-state index in [4.69, 9.17) is 0 Å². The van der Waals surface area contributed by atoms with Gasteiger partial charge in [-0.15, -0.1) is 11.3 Å². The topological polar surface area (TPSA) is 81.3 Å². The fourth-order valence-electron chi connectivity index (χ4n) is 3.98. The van der Waals surface area contributed by atoms with E-state index in [1.165, 1.54) is 16.9 Å². The summed E-state index contributed by atoms with van der Waals surface area (Å²) in [4.78, 5) is 36.4. The molecule has 0 unspecified atom stereocenters. The Bertz CT molecular complexity index is 1300. The van der Waals surface area contributed by atoms with Gasteiger partial charge in [-0.25, -0.2) is 9.97 Å². The molecule has 148 valence electrons. The van der Waals surface area contributed by atoms with Gasteiger partial charge in [0, 0.05) is 30.2 Å². The van der Waals surface area contributed by atoms with Crippen LogP contribution in [0.25, 0.3) is 15.9 Å². The Balaban J connectivity index is 1.32. The molecule has 7 nitrogen and oxygen atoms in total. The van der Waals surface area contributed by atoms with Crippen LogP contribution in [0.3, 0.4) is 0 Å². The maximum Gasteiger partial charge on any atom is 0.262 e. The van der Waals surface area contributed by atoms with Crippen LogP contribution in [-0.2, 0) is 24.2 Å². The number of hydrogen-bond acceptors (Lipinski definition) is 5. The molecule has 29 heavy (non-hydrogen) atoms. The van der Waals surface area contributed by atoms with Crippen molar-refractivity contribution in [3.63, 3.8) is 0 Å². The standard InChI is InChI=1S/C21H21N5O2S/c1-13-10-26-11-14(6-7-17(26)23-13)24-18(27)8-9-25-12-22-20-19(21(25)28)15-4-2-3-5-16(15)29-20/h6-7,10-12H,2-5,8-9H2,1H3,(H,24,27). The zero-order valence-electron chi connectivity index (χ0n) is 16.1. The lowest BCUT2D eigenvalue weighted by Gasteiger charge is -2.10. The summed E-state index contributed by atoms with van der Waals surface area (Å²) in [6, 6.07) is 3.70. The number of imidazole rings is 1. The molecule has 4 aromatic heterocycles. The first-order valence-corrected chi connectivity index (χ1v) is 10.6. The van der Waals surface area contributed by atoms with Crippen molar-refractivity contribution in [2.45, 2.75) is 45.6 Å². The first-order valence-electron chi connectivity index (χ1n) is 9.83. The number of carbonyl (C=O) groups is 1. The summed E-state index contributed by atoms with van der Waals surface area (Å²) >= 11 is 1.64. The zero-order chi connectivity index (χ0) is 20.0. The van der Waals surface area contributed by atoms with Crippen LogP contribution in [0.15, 0.2) is 35.6 Å². The van der Waals surface area contributed by atoms with E-state index < -0.39 is 0 Å². The van der Waals surface area contributed by atoms with Crippen molar-refractivity contribution in [1.29, 1.82) is 0 Å². The number of anilines is 1. The van der Waals surface area contributed by atoms with Crippen LogP contribution in [0.2, 0.25) is 0 Å². The summed E-state index contributed by atoms with van der Waals surface area (Å²) < 4.78 is 3.44. The SMILES string of the molecule is Cc1cn2cc(NC(=O)CCn3cnc4sc5c(c4c3=O)CCCC5)ccc2n1. The molecule has 0 saturated carbocycles. The van der Waals surface area contributed by atoms with Crippen molar-refractivity contribution in [3.05, 3.63) is 57.3 Å². The maximum atomic E-state index is 13.0. The number of nitrogens with one attached hydrogen (secondary N) is 1. The monoisotopic (exact) mass is 407 g/mol. The number of fused-ring (bicyclic) bond motifs is 4. The molecule has 1 aliphatic carbocycles. The molecule has 0 fully saturated rings. The van der Waals surface area contributed by atoms with Crippen molar-refractivity contribution in [2.24, 2.45) is 0 Å². The van der Waals surface area contributed by atoms with Crippen LogP contribution in [0.5, 0.6) is 0 Å². The molecule has 4 aromatic rings. The molecule has 0 aromatic carbocycles. The summed E-state index contributed by atoms with van der Waals surface area (Å²) in [7, 11) is 0. The Morgan fingerprint density at radius 2 is 2.10 bits per heavy atom. The normalized spacial score (nSPS) is 13.7. The van der Waals surface area contributed by atoms with Crippen LogP contribution >= 0.6 is 11.3 Å². The minimum absolute atomic E-state index is 0.0301. The molecule has 1 amide bonds. The largest absolute Gasteiger partial charge is 0.325 e. The summed E-state index contributed by atoms with van der Waals surface area (Å²) in [5, 5.41) is 3.65. The van der Waals surface area contributed by atoms with Crippen LogP contribution < -0.4 is 10.9 Å². The summed E-state index contributed by atoms with van der Waals surface area (Å²) in [5.74, 6) is -0.138. The molecule has 8 heteroatoms. The van der Waals surface area contributed by atoms with Gasteiger partial charge in [0.05, 0.1) is 23.1 Å². The maximum absolute atomic E-state index is 13.0. The zero-order valence-corrected chi connectivity index (χ0v) is 17.0. The van der Waals surface area contributed by atoms with Crippen molar-refractivity contribution in [1.82, 2.24) is 18.9 Å². The molecule has 5 rings (SSSR count). The first-order chi connectivity index (χ1) is 14.1. The first kappa shape index (κ1) is 18.1. The van der Waals surface area contributed by atoms with Crippen molar-refractivity contribution in [2.75, 3.05) is 5.32 Å². The van der Waals surface area contributed by atoms with Crippen LogP contribution in [-0.4, -0.2) is 24.8 Å². The molecule has 4 heterocycles. The van der Waals surface area contributed by atoms with E-state index in [2.05, 4.69) is 15.3 Å². The molecule has 0 spiro atoms. The molecule has 1 N–H and O–H groups in total. The van der Waals surface area contributed by atoms with Gasteiger partial charge in [0.2, 0.25) is 5.91 Å². The fraction of sp³-hybridized carbons (Fsp3) is 0.333. The average molecular weight is 407 g/mol. The van der Waals surface area contributed by atoms with Gasteiger partial charge in [0.1, 0.15) is 10.5 Å². The molecule has 0 bridgehead atoms. The molecular weight excluding hydrogens is 386 g/mol. The fourth-order valence-corrected chi connectivity index (χ4v) is 5.20. The number of carbonyl (C=O) groups excluding carboxylic acids is 1. The van der Waals surface area contributed by atoms with E-state index in [-0.39, 0.29) is 17.9 Å². The van der Waals surface area contributed by atoms with E-state index in [1.54, 1.807) is 22.2 Å². The summed E-state index contributed by atoms with van der Waals surface area (Å²) in [5.41, 5.74) is 3.61. The van der Waals surface area contributed by atoms with Crippen molar-refractivity contribution >= 4 is 38.8 Å². The van der Waals surface area contributed by atoms with Crippen molar-refractivity contribution in [3.8, 4) is 0 Å². The van der Waals surface area contributed by atoms with Gasteiger partial charge >= 0.3 is 0 Å². The highest BCUT2D eigenvalue weighted by Gasteiger charge is 2.20. The number of hydrogen-bond donors (Lipinski definition) is 1. The van der Waals surface area contributed by atoms with Crippen LogP contribution in [0.1, 0.15) is 35.4 Å². The Kier molecular flexibility index (Phi) is 4.43. The Hall–Kier alpha value is -3.00. The predicted molar refractivity (Wildman–Crippen MR) is 114 cm³/mol. The molecule has 0 atom stereocenters. The van der Waals surface area contributed by atoms with Crippen molar-refractivity contribution < 1.29 is 4.79 Å². The molecule has 1 aliphatic rings. The number of nitrogens with zero attached hydrogens (tertiary/aromatic N) is 4. The number of thiophene rings is 1. The Labute approximate surface area is 171 Å². The second kappa shape index (κ2) is 7.11. The second-order valence-electron chi connectivity index (χ2n) is 7.50. The number of amides is 1. The predicted octanol–water partition coefficient (Wildman–Crippen LogP) is 3.32. The van der Waals surface area contributed by atoms with E-state index in [1.807, 2.05) is 35.9 Å². The van der Waals surface area contributed by atoms with Crippen LogP contribution in [0.4, 0.5) is 5.69 Å². The molecule has 0 radical (unpaired) electrons. The minimum atomic E-state index is -0.138. The average Bonchev–Trinajstić information content (AvgIpc) is 3.26. The van der Waals surface area contributed by atoms with Crippen LogP contribution in [0, 0.1) is 6.92 Å². The lowest BCUT2D eigenvalue weighted by molar-refractivity contribution is -0.116. The highest BCUT2D eigenvalue weighted by molar-refractivity contribution is 7.18. The van der Waals surface area contributed by atoms with Gasteiger partial charge in [-0.1, -0.05) is 0 Å². The Morgan fingerprint density at radius 1 is 1.24 bits per heavy atom. The summed E-state index contributed by atoms with van der Waals surface area (Å²) in [6.45, 7) is 2.24. The van der Waals surface area contributed by atoms with E-state index in [9.17, 15) is 9.59 Å².